The minimum Gasteiger partial charge on any atom is -0.330 e. The molecule has 0 aromatic carbocycles. The maximum absolute atomic E-state index is 4.33. The van der Waals surface area contributed by atoms with Crippen LogP contribution in [0.4, 0.5) is 0 Å². The molecular formula is C12H21N3S. The van der Waals surface area contributed by atoms with Gasteiger partial charge < -0.3 is 9.88 Å². The predicted octanol–water partition coefficient (Wildman–Crippen LogP) is 2.41. The smallest absolute Gasteiger partial charge is 0.0951 e. The van der Waals surface area contributed by atoms with E-state index in [9.17, 15) is 0 Å². The van der Waals surface area contributed by atoms with Gasteiger partial charge in [-0.05, 0) is 45.2 Å². The lowest BCUT2D eigenvalue weighted by molar-refractivity contribution is 0.371. The highest BCUT2D eigenvalue weighted by Crippen LogP contribution is 2.30. The van der Waals surface area contributed by atoms with Crippen LogP contribution in [0, 0.1) is 0 Å². The van der Waals surface area contributed by atoms with Crippen LogP contribution in [0.25, 0.3) is 0 Å². The van der Waals surface area contributed by atoms with E-state index in [2.05, 4.69) is 40.5 Å². The van der Waals surface area contributed by atoms with Gasteiger partial charge in [-0.2, -0.15) is 11.8 Å². The summed E-state index contributed by atoms with van der Waals surface area (Å²) in [6.45, 7) is 4.41. The second-order valence-corrected chi connectivity index (χ2v) is 6.13. The molecule has 0 bridgehead atoms. The Kier molecular flexibility index (Phi) is 3.60. The number of hydrogen-bond donors (Lipinski definition) is 1. The highest BCUT2D eigenvalue weighted by atomic mass is 32.2. The van der Waals surface area contributed by atoms with Gasteiger partial charge in [-0.25, -0.2) is 4.98 Å². The van der Waals surface area contributed by atoms with Gasteiger partial charge in [-0.15, -0.1) is 0 Å². The van der Waals surface area contributed by atoms with E-state index in [1.165, 1.54) is 30.0 Å². The van der Waals surface area contributed by atoms with Crippen LogP contribution in [-0.4, -0.2) is 28.1 Å². The number of aromatic nitrogens is 2. The van der Waals surface area contributed by atoms with E-state index in [-0.39, 0.29) is 5.54 Å². The minimum absolute atomic E-state index is 0.00108. The zero-order valence-electron chi connectivity index (χ0n) is 10.4. The molecule has 1 fully saturated rings. The van der Waals surface area contributed by atoms with Crippen LogP contribution < -0.4 is 5.32 Å². The third-order valence-corrected chi connectivity index (χ3v) is 4.56. The summed E-state index contributed by atoms with van der Waals surface area (Å²) < 4.78 is 2.37. The number of hydrogen-bond acceptors (Lipinski definition) is 3. The van der Waals surface area contributed by atoms with E-state index in [1.807, 2.05) is 19.6 Å². The molecule has 1 aliphatic rings. The average Bonchev–Trinajstić information content (AvgIpc) is 2.80. The molecule has 16 heavy (non-hydrogen) atoms. The zero-order valence-corrected chi connectivity index (χ0v) is 11.2. The van der Waals surface area contributed by atoms with Crippen molar-refractivity contribution >= 4 is 11.8 Å². The standard InChI is InChI=1S/C12H21N3S/c1-12(2,13-3)11-8-14-9-15(11)10-4-6-16-7-5-10/h8-10,13H,4-7H2,1-3H3. The summed E-state index contributed by atoms with van der Waals surface area (Å²) in [6.07, 6.45) is 6.54. The van der Waals surface area contributed by atoms with Gasteiger partial charge in [0.25, 0.3) is 0 Å². The summed E-state index contributed by atoms with van der Waals surface area (Å²) in [5, 5.41) is 3.36. The maximum Gasteiger partial charge on any atom is 0.0951 e. The van der Waals surface area contributed by atoms with E-state index >= 15 is 0 Å². The third-order valence-electron chi connectivity index (χ3n) is 3.52. The van der Waals surface area contributed by atoms with Crippen molar-refractivity contribution in [2.24, 2.45) is 0 Å². The Morgan fingerprint density at radius 2 is 2.12 bits per heavy atom. The van der Waals surface area contributed by atoms with Crippen LogP contribution >= 0.6 is 11.8 Å². The third kappa shape index (κ3) is 2.28. The van der Waals surface area contributed by atoms with Crippen LogP contribution in [0.1, 0.15) is 38.4 Å². The van der Waals surface area contributed by atoms with Crippen molar-refractivity contribution in [2.75, 3.05) is 18.6 Å². The molecule has 1 aliphatic heterocycles. The van der Waals surface area contributed by atoms with Crippen molar-refractivity contribution in [3.8, 4) is 0 Å². The molecule has 1 N–H and O–H groups in total. The molecule has 0 radical (unpaired) electrons. The van der Waals surface area contributed by atoms with Crippen molar-refractivity contribution in [3.05, 3.63) is 18.2 Å². The molecule has 1 aromatic rings. The number of thioether (sulfide) groups is 1. The van der Waals surface area contributed by atoms with E-state index in [0.29, 0.717) is 6.04 Å². The first-order valence-corrected chi connectivity index (χ1v) is 7.09. The molecule has 0 atom stereocenters. The van der Waals surface area contributed by atoms with Crippen LogP contribution in [-0.2, 0) is 5.54 Å². The van der Waals surface area contributed by atoms with E-state index in [0.717, 1.165) is 0 Å². The van der Waals surface area contributed by atoms with Crippen molar-refractivity contribution in [1.82, 2.24) is 14.9 Å². The molecule has 1 saturated heterocycles. The molecule has 1 aromatic heterocycles. The molecular weight excluding hydrogens is 218 g/mol. The highest BCUT2D eigenvalue weighted by Gasteiger charge is 2.26. The van der Waals surface area contributed by atoms with Crippen LogP contribution in [0.15, 0.2) is 12.5 Å². The van der Waals surface area contributed by atoms with E-state index in [4.69, 9.17) is 0 Å². The molecule has 90 valence electrons. The Bertz CT molecular complexity index is 340. The Morgan fingerprint density at radius 1 is 1.44 bits per heavy atom. The Hall–Kier alpha value is -0.480. The fraction of sp³-hybridized carbons (Fsp3) is 0.750. The van der Waals surface area contributed by atoms with Crippen molar-refractivity contribution < 1.29 is 0 Å². The van der Waals surface area contributed by atoms with Gasteiger partial charge in [0.05, 0.1) is 23.8 Å². The second-order valence-electron chi connectivity index (χ2n) is 4.90. The largest absolute Gasteiger partial charge is 0.330 e. The normalized spacial score (nSPS) is 18.9. The maximum atomic E-state index is 4.33. The molecule has 0 saturated carbocycles. The first-order chi connectivity index (χ1) is 7.65. The fourth-order valence-corrected chi connectivity index (χ4v) is 3.25. The van der Waals surface area contributed by atoms with E-state index in [1.54, 1.807) is 0 Å². The van der Waals surface area contributed by atoms with Gasteiger partial charge in [-0.3, -0.25) is 0 Å². The monoisotopic (exact) mass is 239 g/mol. The van der Waals surface area contributed by atoms with Gasteiger partial charge in [-0.1, -0.05) is 0 Å². The summed E-state index contributed by atoms with van der Waals surface area (Å²) >= 11 is 2.07. The van der Waals surface area contributed by atoms with Crippen LogP contribution in [0.3, 0.4) is 0 Å². The average molecular weight is 239 g/mol. The quantitative estimate of drug-likeness (QED) is 0.878. The van der Waals surface area contributed by atoms with E-state index < -0.39 is 0 Å². The number of imidazole rings is 1. The number of nitrogens with zero attached hydrogens (tertiary/aromatic N) is 2. The Morgan fingerprint density at radius 3 is 2.75 bits per heavy atom. The summed E-state index contributed by atoms with van der Waals surface area (Å²) in [5.74, 6) is 2.56. The highest BCUT2D eigenvalue weighted by molar-refractivity contribution is 7.99. The molecule has 2 rings (SSSR count). The molecule has 0 amide bonds. The van der Waals surface area contributed by atoms with Crippen LogP contribution in [0.5, 0.6) is 0 Å². The van der Waals surface area contributed by atoms with Gasteiger partial charge >= 0.3 is 0 Å². The van der Waals surface area contributed by atoms with Crippen molar-refractivity contribution in [3.63, 3.8) is 0 Å². The second kappa shape index (κ2) is 4.80. The zero-order chi connectivity index (χ0) is 11.6. The minimum atomic E-state index is 0.00108. The van der Waals surface area contributed by atoms with Crippen molar-refractivity contribution in [2.45, 2.75) is 38.3 Å². The predicted molar refractivity (Wildman–Crippen MR) is 69.9 cm³/mol. The molecule has 0 unspecified atom stereocenters. The fourth-order valence-electron chi connectivity index (χ4n) is 2.17. The Balaban J connectivity index is 2.24. The topological polar surface area (TPSA) is 29.9 Å². The van der Waals surface area contributed by atoms with Gasteiger partial charge in [0, 0.05) is 6.04 Å². The SMILES string of the molecule is CNC(C)(C)c1cncn1C1CCSCC1. The molecule has 0 aliphatic carbocycles. The van der Waals surface area contributed by atoms with Crippen LogP contribution in [0.2, 0.25) is 0 Å². The summed E-state index contributed by atoms with van der Waals surface area (Å²) in [6, 6.07) is 0.645. The first-order valence-electron chi connectivity index (χ1n) is 5.94. The molecule has 3 nitrogen and oxygen atoms in total. The van der Waals surface area contributed by atoms with Gasteiger partial charge in [0.2, 0.25) is 0 Å². The van der Waals surface area contributed by atoms with Crippen molar-refractivity contribution in [1.29, 1.82) is 0 Å². The number of rotatable bonds is 3. The summed E-state index contributed by atoms with van der Waals surface area (Å²) in [5.41, 5.74) is 1.30. The lowest BCUT2D eigenvalue weighted by atomic mass is 10.0. The van der Waals surface area contributed by atoms with Gasteiger partial charge in [0.15, 0.2) is 0 Å². The molecule has 2 heterocycles. The molecule has 0 spiro atoms. The lowest BCUT2D eigenvalue weighted by Gasteiger charge is -2.31. The Labute approximate surface area is 102 Å². The lowest BCUT2D eigenvalue weighted by Crippen LogP contribution is -2.36. The summed E-state index contributed by atoms with van der Waals surface area (Å²) in [4.78, 5) is 4.33. The first kappa shape index (κ1) is 12.0. The van der Waals surface area contributed by atoms with Gasteiger partial charge in [0.1, 0.15) is 0 Å². The number of nitrogens with one attached hydrogen (secondary N) is 1. The summed E-state index contributed by atoms with van der Waals surface area (Å²) in [7, 11) is 2.01. The molecule has 4 heteroatoms.